The molecule has 0 saturated heterocycles. The molecule has 0 amide bonds. The molecule has 0 aromatic heterocycles. The Bertz CT molecular complexity index is 791. The van der Waals surface area contributed by atoms with Crippen LogP contribution in [0.25, 0.3) is 0 Å². The number of benzene rings is 1. The van der Waals surface area contributed by atoms with Crippen LogP contribution >= 0.6 is 11.6 Å². The molecule has 1 aromatic carbocycles. The fourth-order valence-corrected chi connectivity index (χ4v) is 2.04. The van der Waals surface area contributed by atoms with E-state index in [9.17, 15) is 19.7 Å². The molecule has 2 rings (SSSR count). The van der Waals surface area contributed by atoms with Crippen molar-refractivity contribution in [1.29, 1.82) is 0 Å². The third-order valence-electron chi connectivity index (χ3n) is 3.31. The average molecular weight is 335 g/mol. The van der Waals surface area contributed by atoms with E-state index in [1.807, 2.05) is 0 Å². The van der Waals surface area contributed by atoms with E-state index in [0.29, 0.717) is 11.1 Å². The lowest BCUT2D eigenvalue weighted by Gasteiger charge is -2.12. The fourth-order valence-electron chi connectivity index (χ4n) is 1.79. The normalized spacial score (nSPS) is 16.4. The van der Waals surface area contributed by atoms with Crippen LogP contribution in [-0.2, 0) is 9.63 Å². The first kappa shape index (κ1) is 16.6. The van der Waals surface area contributed by atoms with Crippen LogP contribution < -0.4 is 0 Å². The Hall–Kier alpha value is -2.80. The molecule has 0 atom stereocenters. The Morgan fingerprint density at radius 3 is 2.39 bits per heavy atom. The summed E-state index contributed by atoms with van der Waals surface area (Å²) in [4.78, 5) is 38.3. The van der Waals surface area contributed by atoms with Gasteiger partial charge in [-0.2, -0.15) is 0 Å². The molecule has 1 aliphatic rings. The molecule has 23 heavy (non-hydrogen) atoms. The number of rotatable bonds is 3. The summed E-state index contributed by atoms with van der Waals surface area (Å²) in [6.45, 7) is 3.26. The Labute approximate surface area is 136 Å². The lowest BCUT2D eigenvalue weighted by Crippen LogP contribution is -2.15. The smallest absolute Gasteiger partial charge is 0.312 e. The molecule has 8 heteroatoms. The van der Waals surface area contributed by atoms with Gasteiger partial charge in [-0.1, -0.05) is 16.8 Å². The molecule has 0 bridgehead atoms. The topological polar surface area (TPSA) is 98.9 Å². The van der Waals surface area contributed by atoms with Crippen molar-refractivity contribution < 1.29 is 19.3 Å². The standard InChI is InChI=1S/C15H11ClN2O5/c1-8-9(2)14(19)12(16)7-13(8)17-23-15(20)10-3-5-11(6-4-10)18(21)22/h3-7H,1-2H3/b17-13-. The molecule has 0 N–H and O–H groups in total. The van der Waals surface area contributed by atoms with Crippen LogP contribution in [0, 0.1) is 10.1 Å². The maximum absolute atomic E-state index is 11.9. The van der Waals surface area contributed by atoms with Crippen LogP contribution in [0.1, 0.15) is 24.2 Å². The fraction of sp³-hybridized carbons (Fsp3) is 0.133. The highest BCUT2D eigenvalue weighted by Crippen LogP contribution is 2.22. The number of nitrogens with zero attached hydrogens (tertiary/aromatic N) is 2. The lowest BCUT2D eigenvalue weighted by atomic mass is 9.97. The molecule has 7 nitrogen and oxygen atoms in total. The molecule has 0 saturated carbocycles. The highest BCUT2D eigenvalue weighted by molar-refractivity contribution is 6.48. The second kappa shape index (κ2) is 6.53. The number of allylic oxidation sites excluding steroid dienone is 4. The van der Waals surface area contributed by atoms with E-state index in [1.165, 1.54) is 30.3 Å². The SMILES string of the molecule is CC1=C(C)/C(=N\OC(=O)c2ccc([N+](=O)[O-])cc2)C=C(Cl)C1=O. The Kier molecular flexibility index (Phi) is 4.71. The number of ketones is 1. The quantitative estimate of drug-likeness (QED) is 0.366. The third-order valence-corrected chi connectivity index (χ3v) is 3.59. The average Bonchev–Trinajstić information content (AvgIpc) is 2.54. The summed E-state index contributed by atoms with van der Waals surface area (Å²) in [7, 11) is 0. The maximum atomic E-state index is 11.9. The summed E-state index contributed by atoms with van der Waals surface area (Å²) in [6.07, 6.45) is 1.31. The predicted octanol–water partition coefficient (Wildman–Crippen LogP) is 3.15. The van der Waals surface area contributed by atoms with Crippen LogP contribution in [0.5, 0.6) is 0 Å². The summed E-state index contributed by atoms with van der Waals surface area (Å²) in [5.41, 5.74) is 1.21. The van der Waals surface area contributed by atoms with E-state index in [0.717, 1.165) is 0 Å². The van der Waals surface area contributed by atoms with E-state index < -0.39 is 10.9 Å². The molecule has 0 heterocycles. The molecule has 0 fully saturated rings. The highest BCUT2D eigenvalue weighted by Gasteiger charge is 2.21. The second-order valence-corrected chi connectivity index (χ2v) is 5.14. The van der Waals surface area contributed by atoms with Gasteiger partial charge >= 0.3 is 5.97 Å². The molecule has 0 aliphatic heterocycles. The van der Waals surface area contributed by atoms with Crippen LogP contribution in [0.4, 0.5) is 5.69 Å². The number of nitro groups is 1. The van der Waals surface area contributed by atoms with Gasteiger partial charge in [-0.05, 0) is 37.6 Å². The molecule has 1 aliphatic carbocycles. The van der Waals surface area contributed by atoms with Crippen molar-refractivity contribution in [2.24, 2.45) is 5.16 Å². The number of Topliss-reactive ketones (excluding diaryl/α,β-unsaturated/α-hetero) is 1. The monoisotopic (exact) mass is 334 g/mol. The van der Waals surface area contributed by atoms with E-state index in [1.54, 1.807) is 13.8 Å². The van der Waals surface area contributed by atoms with E-state index in [4.69, 9.17) is 16.4 Å². The highest BCUT2D eigenvalue weighted by atomic mass is 35.5. The zero-order valence-electron chi connectivity index (χ0n) is 12.2. The predicted molar refractivity (Wildman–Crippen MR) is 83.3 cm³/mol. The summed E-state index contributed by atoms with van der Waals surface area (Å²) >= 11 is 5.79. The molecule has 1 aromatic rings. The molecule has 0 spiro atoms. The van der Waals surface area contributed by atoms with E-state index in [2.05, 4.69) is 5.16 Å². The minimum absolute atomic E-state index is 0.0155. The Balaban J connectivity index is 2.18. The van der Waals surface area contributed by atoms with Crippen molar-refractivity contribution in [3.63, 3.8) is 0 Å². The van der Waals surface area contributed by atoms with Gasteiger partial charge in [0.1, 0.15) is 5.71 Å². The maximum Gasteiger partial charge on any atom is 0.365 e. The molecule has 0 radical (unpaired) electrons. The van der Waals surface area contributed by atoms with E-state index in [-0.39, 0.29) is 27.8 Å². The minimum Gasteiger partial charge on any atom is -0.312 e. The Morgan fingerprint density at radius 2 is 1.83 bits per heavy atom. The van der Waals surface area contributed by atoms with Gasteiger partial charge in [0.15, 0.2) is 5.78 Å². The molecular weight excluding hydrogens is 324 g/mol. The molecule has 118 valence electrons. The number of halogens is 1. The van der Waals surface area contributed by atoms with Crippen LogP contribution in [0.2, 0.25) is 0 Å². The molecular formula is C15H11ClN2O5. The number of non-ortho nitro benzene ring substituents is 1. The summed E-state index contributed by atoms with van der Waals surface area (Å²) in [5, 5.41) is 14.2. The van der Waals surface area contributed by atoms with Crippen molar-refractivity contribution in [2.45, 2.75) is 13.8 Å². The van der Waals surface area contributed by atoms with Crippen LogP contribution in [0.3, 0.4) is 0 Å². The number of carbonyl (C=O) groups is 2. The number of carbonyl (C=O) groups excluding carboxylic acids is 2. The summed E-state index contributed by atoms with van der Waals surface area (Å²) in [5.74, 6) is -1.08. The number of hydrogen-bond acceptors (Lipinski definition) is 6. The van der Waals surface area contributed by atoms with Gasteiger partial charge in [-0.25, -0.2) is 4.79 Å². The summed E-state index contributed by atoms with van der Waals surface area (Å²) in [6, 6.07) is 4.91. The number of hydrogen-bond donors (Lipinski definition) is 0. The van der Waals surface area contributed by atoms with Crippen molar-refractivity contribution in [3.05, 3.63) is 62.2 Å². The van der Waals surface area contributed by atoms with Gasteiger partial charge < -0.3 is 4.84 Å². The van der Waals surface area contributed by atoms with Gasteiger partial charge in [0.25, 0.3) is 5.69 Å². The van der Waals surface area contributed by atoms with Gasteiger partial charge in [-0.15, -0.1) is 0 Å². The third kappa shape index (κ3) is 3.51. The number of oxime groups is 1. The first-order valence-electron chi connectivity index (χ1n) is 6.45. The zero-order chi connectivity index (χ0) is 17.1. The van der Waals surface area contributed by atoms with Crippen molar-refractivity contribution in [3.8, 4) is 0 Å². The summed E-state index contributed by atoms with van der Waals surface area (Å²) < 4.78 is 0. The lowest BCUT2D eigenvalue weighted by molar-refractivity contribution is -0.384. The van der Waals surface area contributed by atoms with Gasteiger partial charge in [-0.3, -0.25) is 14.9 Å². The first-order chi connectivity index (χ1) is 10.8. The Morgan fingerprint density at radius 1 is 1.22 bits per heavy atom. The van der Waals surface area contributed by atoms with Crippen molar-refractivity contribution in [1.82, 2.24) is 0 Å². The van der Waals surface area contributed by atoms with Gasteiger partial charge in [0.05, 0.1) is 15.5 Å². The van der Waals surface area contributed by atoms with Crippen molar-refractivity contribution in [2.75, 3.05) is 0 Å². The van der Waals surface area contributed by atoms with Crippen molar-refractivity contribution >= 4 is 34.8 Å². The second-order valence-electron chi connectivity index (χ2n) is 4.73. The zero-order valence-corrected chi connectivity index (χ0v) is 13.0. The van der Waals surface area contributed by atoms with Crippen LogP contribution in [-0.4, -0.2) is 22.4 Å². The largest absolute Gasteiger partial charge is 0.365 e. The van der Waals surface area contributed by atoms with Crippen LogP contribution in [0.15, 0.2) is 51.7 Å². The number of nitro benzene ring substituents is 1. The minimum atomic E-state index is -0.778. The van der Waals surface area contributed by atoms with E-state index >= 15 is 0 Å². The van der Waals surface area contributed by atoms with Gasteiger partial charge in [0, 0.05) is 17.7 Å². The molecule has 0 unspecified atom stereocenters. The van der Waals surface area contributed by atoms with Gasteiger partial charge in [0.2, 0.25) is 0 Å². The first-order valence-corrected chi connectivity index (χ1v) is 6.82.